The minimum absolute atomic E-state index is 0.207. The van der Waals surface area contributed by atoms with E-state index in [0.29, 0.717) is 5.92 Å². The van der Waals surface area contributed by atoms with Gasteiger partial charge in [-0.3, -0.25) is 0 Å². The number of nitrogens with zero attached hydrogens (tertiary/aromatic N) is 3. The molecule has 1 N–H and O–H groups in total. The Hall–Kier alpha value is -0.940. The third-order valence-electron chi connectivity index (χ3n) is 3.60. The standard InChI is InChI=1S/C14H26N4O/c1-4-9-18-12(10-16-17-18)13(15-5-2)14(19-6-3)11-7-8-11/h10-11,13-15H,4-9H2,1-3H3. The normalized spacial score (nSPS) is 18.5. The van der Waals surface area contributed by atoms with E-state index in [0.717, 1.165) is 31.8 Å². The molecule has 2 rings (SSSR count). The van der Waals surface area contributed by atoms with Gasteiger partial charge in [0.05, 0.1) is 24.0 Å². The van der Waals surface area contributed by atoms with Crippen LogP contribution in [-0.2, 0) is 11.3 Å². The van der Waals surface area contributed by atoms with Crippen molar-refractivity contribution >= 4 is 0 Å². The molecular weight excluding hydrogens is 240 g/mol. The third-order valence-corrected chi connectivity index (χ3v) is 3.60. The highest BCUT2D eigenvalue weighted by Gasteiger charge is 2.39. The summed E-state index contributed by atoms with van der Waals surface area (Å²) >= 11 is 0. The zero-order chi connectivity index (χ0) is 13.7. The van der Waals surface area contributed by atoms with E-state index in [1.807, 2.05) is 10.9 Å². The minimum Gasteiger partial charge on any atom is -0.376 e. The van der Waals surface area contributed by atoms with Crippen LogP contribution in [0.25, 0.3) is 0 Å². The molecule has 0 amide bonds. The molecule has 2 unspecified atom stereocenters. The number of ether oxygens (including phenoxy) is 1. The summed E-state index contributed by atoms with van der Waals surface area (Å²) in [5, 5.41) is 11.9. The zero-order valence-electron chi connectivity index (χ0n) is 12.3. The summed E-state index contributed by atoms with van der Waals surface area (Å²) in [4.78, 5) is 0. The topological polar surface area (TPSA) is 52.0 Å². The summed E-state index contributed by atoms with van der Waals surface area (Å²) in [5.41, 5.74) is 1.16. The molecule has 1 saturated carbocycles. The molecule has 19 heavy (non-hydrogen) atoms. The quantitative estimate of drug-likeness (QED) is 0.744. The molecule has 1 aromatic heterocycles. The first-order chi connectivity index (χ1) is 9.31. The van der Waals surface area contributed by atoms with E-state index in [1.165, 1.54) is 12.8 Å². The Kier molecular flexibility index (Phi) is 5.34. The van der Waals surface area contributed by atoms with Crippen LogP contribution in [0, 0.1) is 5.92 Å². The largest absolute Gasteiger partial charge is 0.376 e. The molecule has 0 spiro atoms. The lowest BCUT2D eigenvalue weighted by atomic mass is 10.0. The lowest BCUT2D eigenvalue weighted by Gasteiger charge is -2.28. The van der Waals surface area contributed by atoms with E-state index in [2.05, 4.69) is 36.4 Å². The smallest absolute Gasteiger partial charge is 0.0813 e. The van der Waals surface area contributed by atoms with Crippen molar-refractivity contribution in [1.29, 1.82) is 0 Å². The van der Waals surface area contributed by atoms with Crippen LogP contribution in [0.2, 0.25) is 0 Å². The molecule has 0 bridgehead atoms. The fraction of sp³-hybridized carbons (Fsp3) is 0.857. The average molecular weight is 266 g/mol. The van der Waals surface area contributed by atoms with Gasteiger partial charge in [-0.15, -0.1) is 5.10 Å². The number of aryl methyl sites for hydroxylation is 1. The predicted molar refractivity (Wildman–Crippen MR) is 74.9 cm³/mol. The van der Waals surface area contributed by atoms with E-state index >= 15 is 0 Å². The van der Waals surface area contributed by atoms with Crippen molar-refractivity contribution in [2.45, 2.75) is 58.7 Å². The highest BCUT2D eigenvalue weighted by molar-refractivity contribution is 5.08. The molecule has 5 nitrogen and oxygen atoms in total. The molecule has 1 aromatic rings. The van der Waals surface area contributed by atoms with Crippen molar-refractivity contribution < 1.29 is 4.74 Å². The van der Waals surface area contributed by atoms with Gasteiger partial charge in [0, 0.05) is 13.2 Å². The van der Waals surface area contributed by atoms with Crippen LogP contribution in [0.1, 0.15) is 51.8 Å². The van der Waals surface area contributed by atoms with Crippen LogP contribution in [0.3, 0.4) is 0 Å². The van der Waals surface area contributed by atoms with Crippen molar-refractivity contribution in [1.82, 2.24) is 20.3 Å². The van der Waals surface area contributed by atoms with Crippen molar-refractivity contribution in [3.63, 3.8) is 0 Å². The molecule has 0 radical (unpaired) electrons. The van der Waals surface area contributed by atoms with Gasteiger partial charge in [0.2, 0.25) is 0 Å². The van der Waals surface area contributed by atoms with Crippen molar-refractivity contribution in [3.8, 4) is 0 Å². The highest BCUT2D eigenvalue weighted by Crippen LogP contribution is 2.39. The average Bonchev–Trinajstić information content (AvgIpc) is 3.15. The summed E-state index contributed by atoms with van der Waals surface area (Å²) in [5.74, 6) is 0.689. The molecule has 1 aliphatic carbocycles. The van der Waals surface area contributed by atoms with Gasteiger partial charge < -0.3 is 10.1 Å². The number of nitrogens with one attached hydrogen (secondary N) is 1. The number of likely N-dealkylation sites (N-methyl/N-ethyl adjacent to an activating group) is 1. The SMILES string of the molecule is CCCn1nncc1C(NCC)C(OCC)C1CC1. The highest BCUT2D eigenvalue weighted by atomic mass is 16.5. The first-order valence-corrected chi connectivity index (χ1v) is 7.55. The van der Waals surface area contributed by atoms with Crippen LogP contribution in [0.15, 0.2) is 6.20 Å². The second-order valence-corrected chi connectivity index (χ2v) is 5.17. The monoisotopic (exact) mass is 266 g/mol. The lowest BCUT2D eigenvalue weighted by molar-refractivity contribution is 0.0167. The summed E-state index contributed by atoms with van der Waals surface area (Å²) in [7, 11) is 0. The minimum atomic E-state index is 0.207. The van der Waals surface area contributed by atoms with Crippen molar-refractivity contribution in [3.05, 3.63) is 11.9 Å². The van der Waals surface area contributed by atoms with Crippen LogP contribution < -0.4 is 5.32 Å². The van der Waals surface area contributed by atoms with Gasteiger partial charge >= 0.3 is 0 Å². The first-order valence-electron chi connectivity index (χ1n) is 7.55. The zero-order valence-corrected chi connectivity index (χ0v) is 12.3. The Labute approximate surface area is 115 Å². The summed E-state index contributed by atoms with van der Waals surface area (Å²) in [6.45, 7) is 8.98. The molecular formula is C14H26N4O. The number of hydrogen-bond donors (Lipinski definition) is 1. The number of rotatable bonds is 9. The molecule has 0 saturated heterocycles. The Morgan fingerprint density at radius 3 is 2.79 bits per heavy atom. The van der Waals surface area contributed by atoms with E-state index in [-0.39, 0.29) is 12.1 Å². The number of hydrogen-bond acceptors (Lipinski definition) is 4. The summed E-state index contributed by atoms with van der Waals surface area (Å²) in [6, 6.07) is 0.207. The maximum atomic E-state index is 6.01. The Morgan fingerprint density at radius 2 is 2.21 bits per heavy atom. The van der Waals surface area contributed by atoms with Gasteiger partial charge in [0.1, 0.15) is 0 Å². The van der Waals surface area contributed by atoms with Gasteiger partial charge in [0.15, 0.2) is 0 Å². The van der Waals surface area contributed by atoms with E-state index in [1.54, 1.807) is 0 Å². The lowest BCUT2D eigenvalue weighted by Crippen LogP contribution is -2.37. The number of aromatic nitrogens is 3. The predicted octanol–water partition coefficient (Wildman–Crippen LogP) is 2.15. The van der Waals surface area contributed by atoms with E-state index in [9.17, 15) is 0 Å². The Morgan fingerprint density at radius 1 is 1.42 bits per heavy atom. The fourth-order valence-electron chi connectivity index (χ4n) is 2.62. The second-order valence-electron chi connectivity index (χ2n) is 5.17. The fourth-order valence-corrected chi connectivity index (χ4v) is 2.62. The molecule has 1 heterocycles. The van der Waals surface area contributed by atoms with Gasteiger partial charge in [-0.1, -0.05) is 19.1 Å². The molecule has 1 aliphatic rings. The summed E-state index contributed by atoms with van der Waals surface area (Å²) in [6.07, 6.45) is 5.76. The molecule has 2 atom stereocenters. The van der Waals surface area contributed by atoms with E-state index < -0.39 is 0 Å². The van der Waals surface area contributed by atoms with Crippen LogP contribution in [-0.4, -0.2) is 34.2 Å². The Balaban J connectivity index is 2.19. The van der Waals surface area contributed by atoms with Crippen LogP contribution >= 0.6 is 0 Å². The maximum absolute atomic E-state index is 6.01. The van der Waals surface area contributed by atoms with Crippen LogP contribution in [0.5, 0.6) is 0 Å². The molecule has 108 valence electrons. The second kappa shape index (κ2) is 7.01. The maximum Gasteiger partial charge on any atom is 0.0813 e. The van der Waals surface area contributed by atoms with Crippen molar-refractivity contribution in [2.75, 3.05) is 13.2 Å². The van der Waals surface area contributed by atoms with Crippen LogP contribution in [0.4, 0.5) is 0 Å². The van der Waals surface area contributed by atoms with Crippen molar-refractivity contribution in [2.24, 2.45) is 5.92 Å². The molecule has 0 aliphatic heterocycles. The first kappa shape index (κ1) is 14.5. The Bertz CT molecular complexity index is 375. The van der Waals surface area contributed by atoms with Gasteiger partial charge in [-0.05, 0) is 38.6 Å². The molecule has 5 heteroatoms. The third kappa shape index (κ3) is 3.54. The van der Waals surface area contributed by atoms with E-state index in [4.69, 9.17) is 4.74 Å². The van der Waals surface area contributed by atoms with Gasteiger partial charge in [0.25, 0.3) is 0 Å². The molecule has 1 fully saturated rings. The molecule has 0 aromatic carbocycles. The van der Waals surface area contributed by atoms with Gasteiger partial charge in [-0.2, -0.15) is 0 Å². The summed E-state index contributed by atoms with van der Waals surface area (Å²) < 4.78 is 8.02. The van der Waals surface area contributed by atoms with Gasteiger partial charge in [-0.25, -0.2) is 4.68 Å².